The van der Waals surface area contributed by atoms with Crippen LogP contribution < -0.4 is 0 Å². The van der Waals surface area contributed by atoms with E-state index in [4.69, 9.17) is 0 Å². The van der Waals surface area contributed by atoms with Crippen molar-refractivity contribution in [3.8, 4) is 0 Å². The zero-order valence-electron chi connectivity index (χ0n) is 6.00. The van der Waals surface area contributed by atoms with Gasteiger partial charge >= 0.3 is 0 Å². The van der Waals surface area contributed by atoms with Crippen LogP contribution in [0.25, 0.3) is 0 Å². The van der Waals surface area contributed by atoms with E-state index in [-0.39, 0.29) is 0 Å². The lowest BCUT2D eigenvalue weighted by atomic mass is 10.1. The molecule has 1 rings (SSSR count). The van der Waals surface area contributed by atoms with Gasteiger partial charge in [-0.3, -0.25) is 4.79 Å². The maximum absolute atomic E-state index is 10.3. The Morgan fingerprint density at radius 3 is 2.80 bits per heavy atom. The lowest BCUT2D eigenvalue weighted by Gasteiger charge is -1.98. The standard InChI is InChI=1S/C7H9NOS/c1-5(2)7-6(3-9)8-4-10-7/h3-5H,1-2H3. The molecule has 0 aliphatic rings. The number of thiazole rings is 1. The van der Waals surface area contributed by atoms with Crippen LogP contribution in [-0.2, 0) is 0 Å². The topological polar surface area (TPSA) is 30.0 Å². The summed E-state index contributed by atoms with van der Waals surface area (Å²) in [6.07, 6.45) is 0.811. The van der Waals surface area contributed by atoms with Crippen molar-refractivity contribution in [2.75, 3.05) is 0 Å². The van der Waals surface area contributed by atoms with Crippen molar-refractivity contribution in [2.24, 2.45) is 0 Å². The maximum Gasteiger partial charge on any atom is 0.169 e. The van der Waals surface area contributed by atoms with E-state index in [2.05, 4.69) is 18.8 Å². The predicted octanol–water partition coefficient (Wildman–Crippen LogP) is 2.08. The monoisotopic (exact) mass is 155 g/mol. The van der Waals surface area contributed by atoms with Gasteiger partial charge in [0.25, 0.3) is 0 Å². The fourth-order valence-corrected chi connectivity index (χ4v) is 1.56. The fraction of sp³-hybridized carbons (Fsp3) is 0.429. The molecular formula is C7H9NOS. The summed E-state index contributed by atoms with van der Waals surface area (Å²) >= 11 is 1.54. The number of rotatable bonds is 2. The minimum Gasteiger partial charge on any atom is -0.296 e. The number of hydrogen-bond donors (Lipinski definition) is 0. The van der Waals surface area contributed by atoms with E-state index in [0.29, 0.717) is 11.6 Å². The van der Waals surface area contributed by atoms with E-state index in [0.717, 1.165) is 11.2 Å². The highest BCUT2D eigenvalue weighted by molar-refractivity contribution is 7.10. The molecule has 0 amide bonds. The first kappa shape index (κ1) is 7.41. The molecule has 0 spiro atoms. The Hall–Kier alpha value is -0.700. The highest BCUT2D eigenvalue weighted by atomic mass is 32.1. The number of aldehydes is 1. The molecule has 10 heavy (non-hydrogen) atoms. The Balaban J connectivity index is 3.01. The smallest absolute Gasteiger partial charge is 0.169 e. The van der Waals surface area contributed by atoms with Crippen LogP contribution >= 0.6 is 11.3 Å². The minimum atomic E-state index is 0.410. The van der Waals surface area contributed by atoms with Gasteiger partial charge in [0.05, 0.1) is 5.51 Å². The molecule has 0 aliphatic carbocycles. The summed E-state index contributed by atoms with van der Waals surface area (Å²) in [6.45, 7) is 4.11. The van der Waals surface area contributed by atoms with Gasteiger partial charge in [-0.25, -0.2) is 4.98 Å². The molecule has 0 aliphatic heterocycles. The summed E-state index contributed by atoms with van der Waals surface area (Å²) in [4.78, 5) is 15.3. The molecule has 0 bridgehead atoms. The van der Waals surface area contributed by atoms with E-state index in [9.17, 15) is 4.79 Å². The fourth-order valence-electron chi connectivity index (χ4n) is 0.784. The van der Waals surface area contributed by atoms with Crippen LogP contribution in [0.15, 0.2) is 5.51 Å². The van der Waals surface area contributed by atoms with Crippen molar-refractivity contribution in [1.82, 2.24) is 4.98 Å². The molecule has 1 heterocycles. The third-order valence-electron chi connectivity index (χ3n) is 1.26. The first-order chi connectivity index (χ1) is 4.75. The van der Waals surface area contributed by atoms with Gasteiger partial charge in [-0.2, -0.15) is 0 Å². The number of carbonyl (C=O) groups excluding carboxylic acids is 1. The summed E-state index contributed by atoms with van der Waals surface area (Å²) in [5, 5.41) is 0. The molecule has 0 radical (unpaired) electrons. The van der Waals surface area contributed by atoms with Gasteiger partial charge in [0.15, 0.2) is 6.29 Å². The molecule has 0 aromatic carbocycles. The van der Waals surface area contributed by atoms with Crippen molar-refractivity contribution in [3.05, 3.63) is 16.1 Å². The lowest BCUT2D eigenvalue weighted by molar-refractivity contribution is 0.111. The van der Waals surface area contributed by atoms with Gasteiger partial charge in [-0.15, -0.1) is 11.3 Å². The summed E-state index contributed by atoms with van der Waals surface area (Å²) < 4.78 is 0. The van der Waals surface area contributed by atoms with Crippen molar-refractivity contribution >= 4 is 17.6 Å². The van der Waals surface area contributed by atoms with Crippen molar-refractivity contribution in [1.29, 1.82) is 0 Å². The highest BCUT2D eigenvalue weighted by Gasteiger charge is 2.07. The third-order valence-corrected chi connectivity index (χ3v) is 2.41. The second-order valence-corrected chi connectivity index (χ2v) is 3.26. The molecule has 0 atom stereocenters. The van der Waals surface area contributed by atoms with Gasteiger partial charge in [0.1, 0.15) is 5.69 Å². The summed E-state index contributed by atoms with van der Waals surface area (Å²) in [7, 11) is 0. The van der Waals surface area contributed by atoms with Crippen LogP contribution in [-0.4, -0.2) is 11.3 Å². The van der Waals surface area contributed by atoms with Gasteiger partial charge in [0, 0.05) is 4.88 Å². The molecule has 0 fully saturated rings. The normalized spacial score (nSPS) is 10.3. The van der Waals surface area contributed by atoms with Crippen LogP contribution in [0.3, 0.4) is 0 Å². The Kier molecular flexibility index (Phi) is 2.17. The molecule has 54 valence electrons. The van der Waals surface area contributed by atoms with E-state index < -0.39 is 0 Å². The number of hydrogen-bond acceptors (Lipinski definition) is 3. The summed E-state index contributed by atoms with van der Waals surface area (Å²) in [6, 6.07) is 0. The molecule has 3 heteroatoms. The van der Waals surface area contributed by atoms with Crippen LogP contribution in [0.2, 0.25) is 0 Å². The lowest BCUT2D eigenvalue weighted by Crippen LogP contribution is -1.89. The number of carbonyl (C=O) groups is 1. The van der Waals surface area contributed by atoms with Crippen LogP contribution in [0.1, 0.15) is 35.1 Å². The molecular weight excluding hydrogens is 146 g/mol. The van der Waals surface area contributed by atoms with Crippen molar-refractivity contribution in [2.45, 2.75) is 19.8 Å². The van der Waals surface area contributed by atoms with Crippen LogP contribution in [0.4, 0.5) is 0 Å². The average molecular weight is 155 g/mol. The molecule has 0 saturated carbocycles. The van der Waals surface area contributed by atoms with Crippen LogP contribution in [0.5, 0.6) is 0 Å². The Bertz CT molecular complexity index is 229. The maximum atomic E-state index is 10.3. The van der Waals surface area contributed by atoms with Gasteiger partial charge in [-0.05, 0) is 5.92 Å². The second kappa shape index (κ2) is 2.92. The predicted molar refractivity (Wildman–Crippen MR) is 41.6 cm³/mol. The van der Waals surface area contributed by atoms with E-state index >= 15 is 0 Å². The average Bonchev–Trinajstić information content (AvgIpc) is 2.33. The first-order valence-electron chi connectivity index (χ1n) is 3.14. The Morgan fingerprint density at radius 2 is 2.40 bits per heavy atom. The molecule has 0 unspecified atom stereocenters. The SMILES string of the molecule is CC(C)c1scnc1C=O. The molecule has 0 saturated heterocycles. The number of nitrogens with zero attached hydrogens (tertiary/aromatic N) is 1. The molecule has 0 N–H and O–H groups in total. The van der Waals surface area contributed by atoms with Crippen LogP contribution in [0, 0.1) is 0 Å². The summed E-state index contributed by atoms with van der Waals surface area (Å²) in [5.74, 6) is 0.410. The quantitative estimate of drug-likeness (QED) is 0.612. The highest BCUT2D eigenvalue weighted by Crippen LogP contribution is 2.21. The second-order valence-electron chi connectivity index (χ2n) is 2.37. The van der Waals surface area contributed by atoms with Crippen molar-refractivity contribution < 1.29 is 4.79 Å². The molecule has 2 nitrogen and oxygen atoms in total. The summed E-state index contributed by atoms with van der Waals surface area (Å²) in [5.41, 5.74) is 2.30. The first-order valence-corrected chi connectivity index (χ1v) is 4.02. The van der Waals surface area contributed by atoms with Gasteiger partial charge in [-0.1, -0.05) is 13.8 Å². The van der Waals surface area contributed by atoms with E-state index in [1.54, 1.807) is 5.51 Å². The Morgan fingerprint density at radius 1 is 1.70 bits per heavy atom. The van der Waals surface area contributed by atoms with E-state index in [1.807, 2.05) is 0 Å². The molecule has 1 aromatic heterocycles. The van der Waals surface area contributed by atoms with E-state index in [1.165, 1.54) is 11.3 Å². The minimum absolute atomic E-state index is 0.410. The van der Waals surface area contributed by atoms with Crippen molar-refractivity contribution in [3.63, 3.8) is 0 Å². The number of aromatic nitrogens is 1. The Labute approximate surface area is 63.9 Å². The third kappa shape index (κ3) is 1.24. The van der Waals surface area contributed by atoms with Gasteiger partial charge in [0.2, 0.25) is 0 Å². The van der Waals surface area contributed by atoms with Gasteiger partial charge < -0.3 is 0 Å². The zero-order valence-corrected chi connectivity index (χ0v) is 6.81. The molecule has 1 aromatic rings. The zero-order chi connectivity index (χ0) is 7.56. The largest absolute Gasteiger partial charge is 0.296 e.